The third-order valence-electron chi connectivity index (χ3n) is 10.9. The average Bonchev–Trinajstić information content (AvgIpc) is 3.72. The SMILES string of the molecule is Cc1cnc2c(C3(c4c(Oc5cc(F)ccc5C)n(-c5ccccc5)c5cc(C)cnc45)CNCCN3C=O)c(Oc3cc(F)ccc3C)n(-c3ccccc3)c2c1. The number of aryl methyl sites for hydroxylation is 4. The highest BCUT2D eigenvalue weighted by molar-refractivity contribution is 5.93. The summed E-state index contributed by atoms with van der Waals surface area (Å²) in [5.74, 6) is 0.305. The van der Waals surface area contributed by atoms with Crippen molar-refractivity contribution in [2.45, 2.75) is 33.2 Å². The summed E-state index contributed by atoms with van der Waals surface area (Å²) < 4.78 is 48.2. The number of rotatable bonds is 9. The van der Waals surface area contributed by atoms with Crippen LogP contribution in [-0.2, 0) is 10.3 Å². The quantitative estimate of drug-likeness (QED) is 0.147. The number of carbonyl (C=O) groups excluding carboxylic acids is 1. The Hall–Kier alpha value is -6.85. The van der Waals surface area contributed by atoms with Gasteiger partial charge in [-0.3, -0.25) is 23.9 Å². The molecular weight excluding hydrogens is 735 g/mol. The molecule has 0 saturated carbocycles. The number of fused-ring (bicyclic) bond motifs is 2. The van der Waals surface area contributed by atoms with Crippen molar-refractivity contribution in [3.8, 4) is 34.6 Å². The second-order valence-electron chi connectivity index (χ2n) is 14.8. The van der Waals surface area contributed by atoms with Gasteiger partial charge in [-0.15, -0.1) is 0 Å². The molecule has 9 rings (SSSR count). The lowest BCUT2D eigenvalue weighted by Gasteiger charge is -2.45. The fourth-order valence-electron chi connectivity index (χ4n) is 8.15. The first-order chi connectivity index (χ1) is 28.2. The molecule has 4 aromatic carbocycles. The summed E-state index contributed by atoms with van der Waals surface area (Å²) in [5.41, 5.74) is 6.86. The van der Waals surface area contributed by atoms with Crippen LogP contribution in [0.1, 0.15) is 33.4 Å². The number of aromatic nitrogens is 4. The van der Waals surface area contributed by atoms with E-state index < -0.39 is 17.2 Å². The summed E-state index contributed by atoms with van der Waals surface area (Å²) in [4.78, 5) is 25.8. The Bertz CT molecular complexity index is 2670. The molecule has 11 heteroatoms. The van der Waals surface area contributed by atoms with Crippen molar-refractivity contribution in [1.29, 1.82) is 0 Å². The van der Waals surface area contributed by atoms with E-state index >= 15 is 8.78 Å². The molecule has 0 bridgehead atoms. The normalized spacial score (nSPS) is 13.9. The van der Waals surface area contributed by atoms with Crippen LogP contribution in [0.15, 0.2) is 122 Å². The highest BCUT2D eigenvalue weighted by Crippen LogP contribution is 2.54. The van der Waals surface area contributed by atoms with E-state index in [1.165, 1.54) is 24.3 Å². The number of para-hydroxylation sites is 2. The Kier molecular flexibility index (Phi) is 9.24. The van der Waals surface area contributed by atoms with E-state index in [4.69, 9.17) is 19.4 Å². The van der Waals surface area contributed by atoms with Crippen molar-refractivity contribution in [1.82, 2.24) is 29.3 Å². The Morgan fingerprint density at radius 2 is 1.12 bits per heavy atom. The summed E-state index contributed by atoms with van der Waals surface area (Å²) in [5, 5.41) is 3.60. The first-order valence-electron chi connectivity index (χ1n) is 19.1. The molecule has 1 aliphatic rings. The fraction of sp³-hybridized carbons (Fsp3) is 0.170. The maximum atomic E-state index is 15.1. The summed E-state index contributed by atoms with van der Waals surface area (Å²) in [7, 11) is 0. The Labute approximate surface area is 334 Å². The van der Waals surface area contributed by atoms with Crippen LogP contribution in [0.5, 0.6) is 23.3 Å². The van der Waals surface area contributed by atoms with Gasteiger partial charge in [-0.25, -0.2) is 8.78 Å². The molecule has 4 aromatic heterocycles. The predicted molar refractivity (Wildman–Crippen MR) is 220 cm³/mol. The van der Waals surface area contributed by atoms with Gasteiger partial charge in [0.1, 0.15) is 28.7 Å². The van der Waals surface area contributed by atoms with E-state index in [1.54, 1.807) is 29.4 Å². The van der Waals surface area contributed by atoms with E-state index in [1.807, 2.05) is 110 Å². The van der Waals surface area contributed by atoms with Crippen LogP contribution >= 0.6 is 0 Å². The van der Waals surface area contributed by atoms with Crippen LogP contribution in [-0.4, -0.2) is 50.0 Å². The number of nitrogens with zero attached hydrogens (tertiary/aromatic N) is 5. The third-order valence-corrected chi connectivity index (χ3v) is 10.9. The van der Waals surface area contributed by atoms with E-state index in [0.717, 1.165) is 28.9 Å². The number of ether oxygens (including phenoxy) is 2. The molecule has 1 fully saturated rings. The number of amides is 1. The Balaban J connectivity index is 1.50. The van der Waals surface area contributed by atoms with Crippen LogP contribution in [0.2, 0.25) is 0 Å². The van der Waals surface area contributed by atoms with Crippen molar-refractivity contribution >= 4 is 28.5 Å². The monoisotopic (exact) mass is 774 g/mol. The lowest BCUT2D eigenvalue weighted by atomic mass is 9.80. The summed E-state index contributed by atoms with van der Waals surface area (Å²) in [6.45, 7) is 8.60. The number of pyridine rings is 2. The van der Waals surface area contributed by atoms with Crippen LogP contribution in [0.25, 0.3) is 33.4 Å². The molecule has 0 spiro atoms. The van der Waals surface area contributed by atoms with Crippen LogP contribution in [0.4, 0.5) is 8.78 Å². The number of hydrogen-bond acceptors (Lipinski definition) is 6. The van der Waals surface area contributed by atoms with Gasteiger partial charge < -0.3 is 19.7 Å². The molecule has 0 radical (unpaired) electrons. The van der Waals surface area contributed by atoms with Crippen molar-refractivity contribution < 1.29 is 23.0 Å². The average molecular weight is 775 g/mol. The molecule has 1 amide bonds. The maximum Gasteiger partial charge on any atom is 0.213 e. The molecule has 5 heterocycles. The molecule has 1 N–H and O–H groups in total. The van der Waals surface area contributed by atoms with Crippen LogP contribution in [0, 0.1) is 39.3 Å². The zero-order chi connectivity index (χ0) is 40.1. The molecule has 0 aliphatic carbocycles. The van der Waals surface area contributed by atoms with Gasteiger partial charge in [0.05, 0.1) is 33.2 Å². The van der Waals surface area contributed by atoms with E-state index in [2.05, 4.69) is 5.32 Å². The topological polar surface area (TPSA) is 86.4 Å². The van der Waals surface area contributed by atoms with Gasteiger partial charge in [-0.05, 0) is 98.5 Å². The minimum absolute atomic E-state index is 0.176. The molecule has 1 saturated heterocycles. The van der Waals surface area contributed by atoms with E-state index in [9.17, 15) is 4.79 Å². The third kappa shape index (κ3) is 6.06. The predicted octanol–water partition coefficient (Wildman–Crippen LogP) is 9.77. The number of carbonyl (C=O) groups is 1. The van der Waals surface area contributed by atoms with Gasteiger partial charge in [0.25, 0.3) is 0 Å². The summed E-state index contributed by atoms with van der Waals surface area (Å²) >= 11 is 0. The van der Waals surface area contributed by atoms with E-state index in [-0.39, 0.29) is 13.1 Å². The zero-order valence-electron chi connectivity index (χ0n) is 32.5. The second-order valence-corrected chi connectivity index (χ2v) is 14.8. The van der Waals surface area contributed by atoms with Gasteiger partial charge in [0.15, 0.2) is 0 Å². The molecule has 9 nitrogen and oxygen atoms in total. The Morgan fingerprint density at radius 3 is 1.57 bits per heavy atom. The molecule has 1 aliphatic heterocycles. The van der Waals surface area contributed by atoms with Gasteiger partial charge in [0.2, 0.25) is 18.2 Å². The van der Waals surface area contributed by atoms with Crippen molar-refractivity contribution in [2.75, 3.05) is 19.6 Å². The summed E-state index contributed by atoms with van der Waals surface area (Å²) in [6, 6.07) is 32.4. The second kappa shape index (κ2) is 14.6. The zero-order valence-corrected chi connectivity index (χ0v) is 32.5. The minimum atomic E-state index is -1.45. The highest BCUT2D eigenvalue weighted by Gasteiger charge is 2.52. The molecule has 0 unspecified atom stereocenters. The molecule has 290 valence electrons. The van der Waals surface area contributed by atoms with Gasteiger partial charge in [-0.1, -0.05) is 48.5 Å². The fourth-order valence-corrected chi connectivity index (χ4v) is 8.15. The van der Waals surface area contributed by atoms with Gasteiger partial charge in [-0.2, -0.15) is 0 Å². The minimum Gasteiger partial charge on any atom is -0.440 e. The lowest BCUT2D eigenvalue weighted by molar-refractivity contribution is -0.124. The van der Waals surface area contributed by atoms with Crippen molar-refractivity contribution in [2.24, 2.45) is 0 Å². The van der Waals surface area contributed by atoms with Gasteiger partial charge in [0, 0.05) is 55.5 Å². The first kappa shape index (κ1) is 36.8. The Morgan fingerprint density at radius 1 is 0.655 bits per heavy atom. The van der Waals surface area contributed by atoms with Crippen LogP contribution in [0.3, 0.4) is 0 Å². The number of piperazine rings is 1. The highest BCUT2D eigenvalue weighted by atomic mass is 19.1. The molecular formula is C47H40F2N6O3. The molecule has 58 heavy (non-hydrogen) atoms. The molecule has 8 aromatic rings. The number of halogens is 2. The standard InChI is InChI=1S/C47H40F2N6O3/c1-29-21-37-43(51-25-29)41(45(54(37)35-11-7-5-8-12-35)57-39-23-33(48)17-15-31(39)3)47(27-50-19-20-53(47)28-56)42-44-38(22-30(2)26-52-44)55(36-13-9-6-10-14-36)46(42)58-40-24-34(49)18-16-32(40)4/h5-18,21-26,28,50H,19-20,27H2,1-4H3. The van der Waals surface area contributed by atoms with Crippen LogP contribution < -0.4 is 14.8 Å². The maximum absolute atomic E-state index is 15.1. The number of benzene rings is 4. The van der Waals surface area contributed by atoms with Crippen molar-refractivity contribution in [3.05, 3.63) is 167 Å². The summed E-state index contributed by atoms with van der Waals surface area (Å²) in [6.07, 6.45) is 4.42. The largest absolute Gasteiger partial charge is 0.440 e. The first-order valence-corrected chi connectivity index (χ1v) is 19.1. The smallest absolute Gasteiger partial charge is 0.213 e. The number of nitrogens with one attached hydrogen (secondary N) is 1. The number of hydrogen-bond donors (Lipinski definition) is 1. The molecule has 0 atom stereocenters. The van der Waals surface area contributed by atoms with E-state index in [0.29, 0.717) is 74.1 Å². The van der Waals surface area contributed by atoms with Gasteiger partial charge >= 0.3 is 0 Å². The van der Waals surface area contributed by atoms with Crippen molar-refractivity contribution in [3.63, 3.8) is 0 Å². The lowest BCUT2D eigenvalue weighted by Crippen LogP contribution is -2.59.